The minimum Gasteiger partial charge on any atom is -0.228 e. The lowest BCUT2D eigenvalue weighted by molar-refractivity contribution is 1.39. The number of pyridine rings is 1. The second kappa shape index (κ2) is 2.84. The van der Waals surface area contributed by atoms with Crippen LogP contribution in [0.2, 0.25) is 5.15 Å². The number of nitrogens with zero attached hydrogens (tertiary/aromatic N) is 2. The lowest BCUT2D eigenvalue weighted by Gasteiger charge is -1.85. The fourth-order valence-corrected chi connectivity index (χ4v) is 2.52. The first kappa shape index (κ1) is 7.70. The van der Waals surface area contributed by atoms with Gasteiger partial charge in [-0.2, -0.15) is 0 Å². The van der Waals surface area contributed by atoms with Crippen molar-refractivity contribution in [2.75, 3.05) is 0 Å². The highest BCUT2D eigenvalue weighted by Gasteiger charge is 2.01. The molecule has 2 aromatic rings. The molecular weight excluding hydrogens is 295 g/mol. The van der Waals surface area contributed by atoms with Gasteiger partial charge in [0.15, 0.2) is 3.01 Å². The zero-order valence-electron chi connectivity index (χ0n) is 5.21. The number of thiazole rings is 1. The maximum absolute atomic E-state index is 5.69. The molecule has 56 valence electrons. The zero-order valence-corrected chi connectivity index (χ0v) is 8.94. The molecule has 0 radical (unpaired) electrons. The van der Waals surface area contributed by atoms with Gasteiger partial charge in [-0.15, -0.1) is 0 Å². The Morgan fingerprint density at radius 3 is 3.00 bits per heavy atom. The van der Waals surface area contributed by atoms with Gasteiger partial charge in [-0.05, 0) is 34.7 Å². The lowest BCUT2D eigenvalue weighted by Crippen LogP contribution is -1.73. The summed E-state index contributed by atoms with van der Waals surface area (Å²) in [5.74, 6) is 0. The van der Waals surface area contributed by atoms with E-state index >= 15 is 0 Å². The molecule has 2 rings (SSSR count). The van der Waals surface area contributed by atoms with Gasteiger partial charge in [0.1, 0.15) is 15.5 Å². The molecule has 0 aliphatic carbocycles. The predicted octanol–water partition coefficient (Wildman–Crippen LogP) is 2.95. The van der Waals surface area contributed by atoms with E-state index in [0.29, 0.717) is 5.15 Å². The first-order valence-electron chi connectivity index (χ1n) is 2.84. The van der Waals surface area contributed by atoms with Gasteiger partial charge in [-0.25, -0.2) is 9.97 Å². The molecule has 0 atom stereocenters. The van der Waals surface area contributed by atoms with Crippen LogP contribution in [0.1, 0.15) is 0 Å². The van der Waals surface area contributed by atoms with Gasteiger partial charge in [0.2, 0.25) is 0 Å². The summed E-state index contributed by atoms with van der Waals surface area (Å²) in [5, 5.41) is 0.526. The van der Waals surface area contributed by atoms with Gasteiger partial charge >= 0.3 is 0 Å². The van der Waals surface area contributed by atoms with Crippen molar-refractivity contribution >= 4 is 55.9 Å². The quantitative estimate of drug-likeness (QED) is 0.552. The molecule has 5 heteroatoms. The van der Waals surface area contributed by atoms with Crippen molar-refractivity contribution in [3.05, 3.63) is 20.3 Å². The smallest absolute Gasteiger partial charge is 0.156 e. The summed E-state index contributed by atoms with van der Waals surface area (Å²) in [5.41, 5.74) is 0.920. The fourth-order valence-electron chi connectivity index (χ4n) is 0.768. The summed E-state index contributed by atoms with van der Waals surface area (Å²) in [6.45, 7) is 0. The van der Waals surface area contributed by atoms with Crippen molar-refractivity contribution in [1.29, 1.82) is 0 Å². The second-order valence-corrected chi connectivity index (χ2v) is 5.04. The Balaban J connectivity index is 2.82. The molecule has 2 aromatic heterocycles. The largest absolute Gasteiger partial charge is 0.228 e. The topological polar surface area (TPSA) is 25.8 Å². The van der Waals surface area contributed by atoms with Crippen LogP contribution >= 0.6 is 45.5 Å². The molecule has 0 N–H and O–H groups in total. The number of halogens is 2. The van der Waals surface area contributed by atoms with Crippen LogP contribution in [-0.2, 0) is 0 Å². The van der Waals surface area contributed by atoms with E-state index < -0.39 is 0 Å². The number of hydrogen-bond acceptors (Lipinski definition) is 3. The number of hydrogen-bond donors (Lipinski definition) is 0. The zero-order chi connectivity index (χ0) is 7.84. The van der Waals surface area contributed by atoms with Crippen LogP contribution in [-0.4, -0.2) is 9.97 Å². The average Bonchev–Trinajstić information content (AvgIpc) is 2.27. The maximum atomic E-state index is 5.69. The molecule has 0 fully saturated rings. The first-order valence-corrected chi connectivity index (χ1v) is 5.11. The molecule has 2 nitrogen and oxygen atoms in total. The van der Waals surface area contributed by atoms with Gasteiger partial charge < -0.3 is 0 Å². The second-order valence-electron chi connectivity index (χ2n) is 1.93. The Kier molecular flexibility index (Phi) is 1.98. The van der Waals surface area contributed by atoms with E-state index in [-0.39, 0.29) is 0 Å². The Bertz CT molecular complexity index is 400. The van der Waals surface area contributed by atoms with Crippen molar-refractivity contribution in [3.8, 4) is 0 Å². The Morgan fingerprint density at radius 2 is 2.18 bits per heavy atom. The fraction of sp³-hybridized carbons (Fsp3) is 0. The number of rotatable bonds is 0. The average molecular weight is 297 g/mol. The standard InChI is InChI=1S/C6H2ClIN2S/c7-4-2-1-3-5(10-4)11-6(8)9-3/h1-2H. The van der Waals surface area contributed by atoms with E-state index in [9.17, 15) is 0 Å². The first-order chi connectivity index (χ1) is 5.25. The highest BCUT2D eigenvalue weighted by Crippen LogP contribution is 2.22. The highest BCUT2D eigenvalue weighted by atomic mass is 127. The van der Waals surface area contributed by atoms with Crippen LogP contribution in [0.3, 0.4) is 0 Å². The van der Waals surface area contributed by atoms with Gasteiger partial charge in [0.25, 0.3) is 0 Å². The Labute approximate surface area is 85.8 Å². The van der Waals surface area contributed by atoms with Crippen molar-refractivity contribution in [2.45, 2.75) is 0 Å². The van der Waals surface area contributed by atoms with Gasteiger partial charge in [-0.3, -0.25) is 0 Å². The molecule has 2 heterocycles. The third kappa shape index (κ3) is 1.47. The van der Waals surface area contributed by atoms with Crippen molar-refractivity contribution in [2.24, 2.45) is 0 Å². The van der Waals surface area contributed by atoms with E-state index in [1.807, 2.05) is 6.07 Å². The summed E-state index contributed by atoms with van der Waals surface area (Å²) in [7, 11) is 0. The van der Waals surface area contributed by atoms with Crippen molar-refractivity contribution in [1.82, 2.24) is 9.97 Å². The van der Waals surface area contributed by atoms with E-state index in [4.69, 9.17) is 11.6 Å². The summed E-state index contributed by atoms with van der Waals surface area (Å²) in [6, 6.07) is 3.63. The molecule has 0 saturated carbocycles. The molecule has 0 aromatic carbocycles. The number of fused-ring (bicyclic) bond motifs is 1. The molecule has 0 unspecified atom stereocenters. The van der Waals surface area contributed by atoms with E-state index in [2.05, 4.69) is 32.6 Å². The van der Waals surface area contributed by atoms with Crippen LogP contribution in [0.25, 0.3) is 10.3 Å². The highest BCUT2D eigenvalue weighted by molar-refractivity contribution is 14.1. The molecule has 11 heavy (non-hydrogen) atoms. The molecule has 0 aliphatic rings. The van der Waals surface area contributed by atoms with Crippen molar-refractivity contribution in [3.63, 3.8) is 0 Å². The summed E-state index contributed by atoms with van der Waals surface area (Å²) >= 11 is 9.41. The minimum absolute atomic E-state index is 0.526. The molecular formula is C6H2ClIN2S. The van der Waals surface area contributed by atoms with E-state index in [0.717, 1.165) is 13.4 Å². The molecule has 0 aliphatic heterocycles. The molecule has 0 saturated heterocycles. The summed E-state index contributed by atoms with van der Waals surface area (Å²) in [4.78, 5) is 9.26. The van der Waals surface area contributed by atoms with Gasteiger partial charge in [0, 0.05) is 0 Å². The normalized spacial score (nSPS) is 10.7. The summed E-state index contributed by atoms with van der Waals surface area (Å²) in [6.07, 6.45) is 0. The monoisotopic (exact) mass is 296 g/mol. The van der Waals surface area contributed by atoms with E-state index in [1.54, 1.807) is 17.4 Å². The van der Waals surface area contributed by atoms with Crippen LogP contribution < -0.4 is 0 Å². The van der Waals surface area contributed by atoms with Crippen LogP contribution in [0.4, 0.5) is 0 Å². The van der Waals surface area contributed by atoms with E-state index in [1.165, 1.54) is 0 Å². The lowest BCUT2D eigenvalue weighted by atomic mass is 10.5. The van der Waals surface area contributed by atoms with Gasteiger partial charge in [0.05, 0.1) is 0 Å². The minimum atomic E-state index is 0.526. The Hall–Kier alpha value is 0.0600. The predicted molar refractivity (Wildman–Crippen MR) is 55.1 cm³/mol. The third-order valence-corrected chi connectivity index (χ3v) is 3.06. The molecule has 0 amide bonds. The molecule has 0 spiro atoms. The van der Waals surface area contributed by atoms with Crippen molar-refractivity contribution < 1.29 is 0 Å². The van der Waals surface area contributed by atoms with Crippen LogP contribution in [0, 0.1) is 3.01 Å². The maximum Gasteiger partial charge on any atom is 0.156 e. The third-order valence-electron chi connectivity index (χ3n) is 1.20. The van der Waals surface area contributed by atoms with Crippen LogP contribution in [0.5, 0.6) is 0 Å². The molecule has 0 bridgehead atoms. The SMILES string of the molecule is Clc1ccc2nc(I)sc2n1. The summed E-state index contributed by atoms with van der Waals surface area (Å²) < 4.78 is 0.993. The van der Waals surface area contributed by atoms with Gasteiger partial charge in [-0.1, -0.05) is 22.9 Å². The number of aromatic nitrogens is 2. The Morgan fingerprint density at radius 1 is 1.36 bits per heavy atom. The van der Waals surface area contributed by atoms with Crippen LogP contribution in [0.15, 0.2) is 12.1 Å².